The number of halogens is 3. The number of aromatic nitrogens is 2. The van der Waals surface area contributed by atoms with Crippen LogP contribution < -0.4 is 16.0 Å². The van der Waals surface area contributed by atoms with Gasteiger partial charge >= 0.3 is 6.18 Å². The van der Waals surface area contributed by atoms with Crippen LogP contribution in [0.2, 0.25) is 0 Å². The molecule has 1 aliphatic heterocycles. The molecular formula is C20H26F3N7. The fourth-order valence-electron chi connectivity index (χ4n) is 3.79. The third-order valence-electron chi connectivity index (χ3n) is 5.41. The molecule has 4 N–H and O–H groups in total. The molecule has 0 unspecified atom stereocenters. The van der Waals surface area contributed by atoms with Gasteiger partial charge in [0.1, 0.15) is 11.4 Å². The number of likely N-dealkylation sites (tertiary alicyclic amines) is 1. The summed E-state index contributed by atoms with van der Waals surface area (Å²) in [6.45, 7) is 2.03. The molecule has 2 aromatic rings. The Balaban J connectivity index is 1.94. The van der Waals surface area contributed by atoms with E-state index in [0.717, 1.165) is 43.4 Å². The van der Waals surface area contributed by atoms with E-state index in [2.05, 4.69) is 37.9 Å². The van der Waals surface area contributed by atoms with Crippen LogP contribution in [0, 0.1) is 5.41 Å². The Kier molecular flexibility index (Phi) is 6.45. The summed E-state index contributed by atoms with van der Waals surface area (Å²) in [6.07, 6.45) is -0.509. The number of benzene rings is 1. The lowest BCUT2D eigenvalue weighted by atomic mass is 9.87. The van der Waals surface area contributed by atoms with Crippen LogP contribution in [0.1, 0.15) is 35.4 Å². The molecule has 1 aliphatic rings. The van der Waals surface area contributed by atoms with Gasteiger partial charge in [-0.1, -0.05) is 6.07 Å². The molecule has 0 bridgehead atoms. The highest BCUT2D eigenvalue weighted by Gasteiger charge is 2.35. The number of nitrogens with zero attached hydrogens (tertiary/aromatic N) is 3. The largest absolute Gasteiger partial charge is 0.421 e. The van der Waals surface area contributed by atoms with Gasteiger partial charge in [0.2, 0.25) is 5.95 Å². The van der Waals surface area contributed by atoms with Crippen molar-refractivity contribution >= 4 is 29.4 Å². The fraction of sp³-hybridized carbons (Fsp3) is 0.450. The summed E-state index contributed by atoms with van der Waals surface area (Å²) in [5.41, 5.74) is 2.21. The van der Waals surface area contributed by atoms with E-state index < -0.39 is 11.7 Å². The molecule has 2 heterocycles. The van der Waals surface area contributed by atoms with Gasteiger partial charge in [-0.15, -0.1) is 0 Å². The average molecular weight is 421 g/mol. The maximum Gasteiger partial charge on any atom is 0.421 e. The second-order valence-corrected chi connectivity index (χ2v) is 7.29. The Morgan fingerprint density at radius 2 is 1.87 bits per heavy atom. The number of anilines is 4. The van der Waals surface area contributed by atoms with Gasteiger partial charge in [0, 0.05) is 37.8 Å². The lowest BCUT2D eigenvalue weighted by molar-refractivity contribution is -0.137. The van der Waals surface area contributed by atoms with Crippen molar-refractivity contribution in [2.75, 3.05) is 50.2 Å². The van der Waals surface area contributed by atoms with Crippen molar-refractivity contribution in [1.82, 2.24) is 14.9 Å². The molecule has 10 heteroatoms. The molecule has 1 fully saturated rings. The van der Waals surface area contributed by atoms with Crippen molar-refractivity contribution in [3.05, 3.63) is 35.0 Å². The highest BCUT2D eigenvalue weighted by Crippen LogP contribution is 2.38. The van der Waals surface area contributed by atoms with Crippen LogP contribution in [0.25, 0.3) is 0 Å². The van der Waals surface area contributed by atoms with Gasteiger partial charge in [-0.25, -0.2) is 4.98 Å². The van der Waals surface area contributed by atoms with Gasteiger partial charge in [-0.05, 0) is 50.5 Å². The number of hydrogen-bond donors (Lipinski definition) is 4. The van der Waals surface area contributed by atoms with Gasteiger partial charge in [-0.3, -0.25) is 0 Å². The van der Waals surface area contributed by atoms with E-state index in [1.165, 1.54) is 13.3 Å². The molecule has 0 saturated carbocycles. The summed E-state index contributed by atoms with van der Waals surface area (Å²) in [5.74, 6) is 0.0901. The van der Waals surface area contributed by atoms with Gasteiger partial charge < -0.3 is 26.3 Å². The van der Waals surface area contributed by atoms with Crippen molar-refractivity contribution in [1.29, 1.82) is 5.41 Å². The molecule has 1 saturated heterocycles. The number of alkyl halides is 3. The standard InChI is InChI=1S/C20H26F3N7/c1-25-17-13(12-6-8-30(3)9-7-12)4-5-16(14(17)10-24)28-19-27-11-15(20(21,22)23)18(26-2)29-19/h4-5,10-12,24-25H,6-9H2,1-3H3,(H2,26,27,28,29). The second kappa shape index (κ2) is 8.86. The molecule has 30 heavy (non-hydrogen) atoms. The van der Waals surface area contributed by atoms with Gasteiger partial charge in [-0.2, -0.15) is 18.2 Å². The third kappa shape index (κ3) is 4.48. The predicted molar refractivity (Wildman–Crippen MR) is 113 cm³/mol. The van der Waals surface area contributed by atoms with Crippen molar-refractivity contribution in [2.24, 2.45) is 0 Å². The number of hydrogen-bond acceptors (Lipinski definition) is 7. The highest BCUT2D eigenvalue weighted by atomic mass is 19.4. The summed E-state index contributed by atoms with van der Waals surface area (Å²) in [5, 5.41) is 16.5. The van der Waals surface area contributed by atoms with E-state index in [1.54, 1.807) is 7.05 Å². The Morgan fingerprint density at radius 1 is 1.17 bits per heavy atom. The predicted octanol–water partition coefficient (Wildman–Crippen LogP) is 4.13. The first-order chi connectivity index (χ1) is 14.3. The van der Waals surface area contributed by atoms with Gasteiger partial charge in [0.05, 0.1) is 5.69 Å². The van der Waals surface area contributed by atoms with E-state index >= 15 is 0 Å². The molecule has 0 atom stereocenters. The van der Waals surface area contributed by atoms with E-state index in [-0.39, 0.29) is 11.8 Å². The lowest BCUT2D eigenvalue weighted by Gasteiger charge is -2.31. The first kappa shape index (κ1) is 21.8. The first-order valence-corrected chi connectivity index (χ1v) is 9.71. The normalized spacial score (nSPS) is 15.7. The van der Waals surface area contributed by atoms with Crippen molar-refractivity contribution < 1.29 is 13.2 Å². The molecular weight excluding hydrogens is 395 g/mol. The maximum absolute atomic E-state index is 13.1. The molecule has 162 valence electrons. The Bertz CT molecular complexity index is 906. The molecule has 7 nitrogen and oxygen atoms in total. The Morgan fingerprint density at radius 3 is 2.43 bits per heavy atom. The first-order valence-electron chi connectivity index (χ1n) is 9.71. The smallest absolute Gasteiger partial charge is 0.387 e. The fourth-order valence-corrected chi connectivity index (χ4v) is 3.79. The zero-order valence-electron chi connectivity index (χ0n) is 17.2. The van der Waals surface area contributed by atoms with Crippen molar-refractivity contribution in [3.63, 3.8) is 0 Å². The maximum atomic E-state index is 13.1. The zero-order valence-corrected chi connectivity index (χ0v) is 17.2. The zero-order chi connectivity index (χ0) is 21.9. The number of piperidine rings is 1. The summed E-state index contributed by atoms with van der Waals surface area (Å²) in [7, 11) is 5.28. The topological polar surface area (TPSA) is 89.0 Å². The average Bonchev–Trinajstić information content (AvgIpc) is 2.73. The SMILES string of the molecule is CNc1nc(Nc2ccc(C3CCN(C)CC3)c(NC)c2C=N)ncc1C(F)(F)F. The molecule has 1 aromatic carbocycles. The molecule has 0 aliphatic carbocycles. The number of rotatable bonds is 6. The second-order valence-electron chi connectivity index (χ2n) is 7.29. The lowest BCUT2D eigenvalue weighted by Crippen LogP contribution is -2.29. The molecule has 3 rings (SSSR count). The minimum absolute atomic E-state index is 0.0181. The van der Waals surface area contributed by atoms with E-state index in [0.29, 0.717) is 17.2 Å². The summed E-state index contributed by atoms with van der Waals surface area (Å²) in [6, 6.07) is 3.83. The quantitative estimate of drug-likeness (QED) is 0.525. The third-order valence-corrected chi connectivity index (χ3v) is 5.41. The molecule has 0 spiro atoms. The summed E-state index contributed by atoms with van der Waals surface area (Å²) < 4.78 is 39.2. The summed E-state index contributed by atoms with van der Waals surface area (Å²) in [4.78, 5) is 10.1. The van der Waals surface area contributed by atoms with Gasteiger partial charge in [0.25, 0.3) is 0 Å². The molecule has 0 radical (unpaired) electrons. The Labute approximate surface area is 173 Å². The van der Waals surface area contributed by atoms with Gasteiger partial charge in [0.15, 0.2) is 0 Å². The highest BCUT2D eigenvalue weighted by molar-refractivity contribution is 5.95. The van der Waals surface area contributed by atoms with E-state index in [4.69, 9.17) is 5.41 Å². The minimum atomic E-state index is -4.55. The van der Waals surface area contributed by atoms with Crippen LogP contribution in [0.5, 0.6) is 0 Å². The molecule has 1 aromatic heterocycles. The van der Waals surface area contributed by atoms with Crippen LogP contribution in [0.3, 0.4) is 0 Å². The van der Waals surface area contributed by atoms with Crippen LogP contribution in [-0.4, -0.2) is 55.3 Å². The monoisotopic (exact) mass is 421 g/mol. The van der Waals surface area contributed by atoms with Crippen LogP contribution in [-0.2, 0) is 6.18 Å². The van der Waals surface area contributed by atoms with Crippen LogP contribution in [0.15, 0.2) is 18.3 Å². The van der Waals surface area contributed by atoms with E-state index in [1.807, 2.05) is 12.1 Å². The molecule has 0 amide bonds. The summed E-state index contributed by atoms with van der Waals surface area (Å²) >= 11 is 0. The Hall–Kier alpha value is -2.88. The van der Waals surface area contributed by atoms with Crippen LogP contribution >= 0.6 is 0 Å². The van der Waals surface area contributed by atoms with Crippen LogP contribution in [0.4, 0.5) is 36.3 Å². The minimum Gasteiger partial charge on any atom is -0.387 e. The van der Waals surface area contributed by atoms with Crippen molar-refractivity contribution in [3.8, 4) is 0 Å². The van der Waals surface area contributed by atoms with Crippen molar-refractivity contribution in [2.45, 2.75) is 24.9 Å². The van der Waals surface area contributed by atoms with E-state index in [9.17, 15) is 13.2 Å². The number of nitrogens with one attached hydrogen (secondary N) is 4.